The fourth-order valence-corrected chi connectivity index (χ4v) is 2.29. The molecule has 1 aromatic rings. The Morgan fingerprint density at radius 1 is 1.56 bits per heavy atom. The number of aliphatic hydroxyl groups excluding tert-OH is 1. The third kappa shape index (κ3) is 2.22. The van der Waals surface area contributed by atoms with Gasteiger partial charge in [0.05, 0.1) is 0 Å². The third-order valence-corrected chi connectivity index (χ3v) is 4.13. The van der Waals surface area contributed by atoms with E-state index in [1.807, 2.05) is 25.1 Å². The number of anilines is 1. The molecule has 0 aromatic heterocycles. The summed E-state index contributed by atoms with van der Waals surface area (Å²) in [5.74, 6) is 0.201. The SMILES string of the molecule is Cc1cc(N2CC(CO)CC2=O)ccc1I. The van der Waals surface area contributed by atoms with Crippen LogP contribution in [0.3, 0.4) is 0 Å². The molecule has 1 heterocycles. The number of aryl methyl sites for hydroxylation is 1. The third-order valence-electron chi connectivity index (χ3n) is 2.92. The highest BCUT2D eigenvalue weighted by atomic mass is 127. The first kappa shape index (κ1) is 11.9. The maximum atomic E-state index is 11.8. The van der Waals surface area contributed by atoms with Gasteiger partial charge in [0, 0.05) is 34.7 Å². The van der Waals surface area contributed by atoms with Crippen LogP contribution in [0.5, 0.6) is 0 Å². The number of aliphatic hydroxyl groups is 1. The van der Waals surface area contributed by atoms with Gasteiger partial charge in [-0.2, -0.15) is 0 Å². The highest BCUT2D eigenvalue weighted by Crippen LogP contribution is 2.26. The van der Waals surface area contributed by atoms with Crippen LogP contribution in [0.15, 0.2) is 18.2 Å². The zero-order valence-electron chi connectivity index (χ0n) is 9.11. The first-order valence-electron chi connectivity index (χ1n) is 5.29. The minimum atomic E-state index is 0.0889. The molecule has 1 N–H and O–H groups in total. The van der Waals surface area contributed by atoms with E-state index in [9.17, 15) is 4.79 Å². The van der Waals surface area contributed by atoms with Crippen molar-refractivity contribution in [1.82, 2.24) is 0 Å². The molecule has 1 aliphatic heterocycles. The van der Waals surface area contributed by atoms with Gasteiger partial charge in [0.2, 0.25) is 5.91 Å². The molecule has 1 saturated heterocycles. The molecule has 0 bridgehead atoms. The van der Waals surface area contributed by atoms with Gasteiger partial charge in [-0.05, 0) is 53.3 Å². The summed E-state index contributed by atoms with van der Waals surface area (Å²) < 4.78 is 1.20. The molecule has 1 fully saturated rings. The summed E-state index contributed by atoms with van der Waals surface area (Å²) >= 11 is 2.28. The van der Waals surface area contributed by atoms with E-state index in [1.54, 1.807) is 4.90 Å². The van der Waals surface area contributed by atoms with Gasteiger partial charge in [0.15, 0.2) is 0 Å². The van der Waals surface area contributed by atoms with E-state index in [2.05, 4.69) is 22.6 Å². The largest absolute Gasteiger partial charge is 0.396 e. The zero-order chi connectivity index (χ0) is 11.7. The minimum absolute atomic E-state index is 0.0889. The molecule has 0 radical (unpaired) electrons. The summed E-state index contributed by atoms with van der Waals surface area (Å²) in [4.78, 5) is 13.5. The number of amides is 1. The van der Waals surface area contributed by atoms with Crippen LogP contribution in [0, 0.1) is 16.4 Å². The highest BCUT2D eigenvalue weighted by molar-refractivity contribution is 14.1. The summed E-state index contributed by atoms with van der Waals surface area (Å²) in [5, 5.41) is 9.07. The maximum Gasteiger partial charge on any atom is 0.227 e. The summed E-state index contributed by atoms with van der Waals surface area (Å²) in [6.45, 7) is 2.76. The van der Waals surface area contributed by atoms with E-state index in [-0.39, 0.29) is 18.4 Å². The number of rotatable bonds is 2. The van der Waals surface area contributed by atoms with Gasteiger partial charge in [0.1, 0.15) is 0 Å². The molecule has 2 rings (SSSR count). The van der Waals surface area contributed by atoms with Crippen molar-refractivity contribution in [2.75, 3.05) is 18.1 Å². The predicted molar refractivity (Wildman–Crippen MR) is 71.4 cm³/mol. The summed E-state index contributed by atoms with van der Waals surface area (Å²) in [7, 11) is 0. The number of hydrogen-bond acceptors (Lipinski definition) is 2. The lowest BCUT2D eigenvalue weighted by atomic mass is 10.1. The number of nitrogens with zero attached hydrogens (tertiary/aromatic N) is 1. The monoisotopic (exact) mass is 331 g/mol. The molecule has 0 aliphatic carbocycles. The Hall–Kier alpha value is -0.620. The summed E-state index contributed by atoms with van der Waals surface area (Å²) in [6, 6.07) is 6.01. The molecule has 86 valence electrons. The van der Waals surface area contributed by atoms with E-state index in [0.717, 1.165) is 5.69 Å². The molecular weight excluding hydrogens is 317 g/mol. The zero-order valence-corrected chi connectivity index (χ0v) is 11.3. The molecule has 16 heavy (non-hydrogen) atoms. The van der Waals surface area contributed by atoms with Crippen molar-refractivity contribution in [1.29, 1.82) is 0 Å². The standard InChI is InChI=1S/C12H14INO2/c1-8-4-10(2-3-11(8)13)14-6-9(7-15)5-12(14)16/h2-4,9,15H,5-7H2,1H3. The van der Waals surface area contributed by atoms with Gasteiger partial charge in [-0.15, -0.1) is 0 Å². The molecule has 1 unspecified atom stereocenters. The normalized spacial score (nSPS) is 20.6. The van der Waals surface area contributed by atoms with Gasteiger partial charge in [0.25, 0.3) is 0 Å². The van der Waals surface area contributed by atoms with Gasteiger partial charge in [-0.3, -0.25) is 4.79 Å². The molecule has 3 nitrogen and oxygen atoms in total. The number of carbonyl (C=O) groups is 1. The molecular formula is C12H14INO2. The minimum Gasteiger partial charge on any atom is -0.396 e. The van der Waals surface area contributed by atoms with Gasteiger partial charge in [-0.25, -0.2) is 0 Å². The van der Waals surface area contributed by atoms with Crippen LogP contribution in [0.25, 0.3) is 0 Å². The Bertz CT molecular complexity index is 419. The quantitative estimate of drug-likeness (QED) is 0.842. The van der Waals surface area contributed by atoms with Crippen molar-refractivity contribution < 1.29 is 9.90 Å². The van der Waals surface area contributed by atoms with Crippen molar-refractivity contribution in [3.05, 3.63) is 27.3 Å². The van der Waals surface area contributed by atoms with Gasteiger partial charge < -0.3 is 10.0 Å². The van der Waals surface area contributed by atoms with Crippen molar-refractivity contribution in [3.63, 3.8) is 0 Å². The number of carbonyl (C=O) groups excluding carboxylic acids is 1. The Morgan fingerprint density at radius 2 is 2.31 bits per heavy atom. The second kappa shape index (κ2) is 4.71. The van der Waals surface area contributed by atoms with Crippen molar-refractivity contribution in [2.24, 2.45) is 5.92 Å². The van der Waals surface area contributed by atoms with E-state index < -0.39 is 0 Å². The Kier molecular flexibility index (Phi) is 3.49. The average molecular weight is 331 g/mol. The van der Waals surface area contributed by atoms with Gasteiger partial charge >= 0.3 is 0 Å². The van der Waals surface area contributed by atoms with Crippen LogP contribution in [0.1, 0.15) is 12.0 Å². The van der Waals surface area contributed by atoms with E-state index >= 15 is 0 Å². The first-order valence-corrected chi connectivity index (χ1v) is 6.37. The molecule has 4 heteroatoms. The first-order chi connectivity index (χ1) is 7.61. The predicted octanol–water partition coefficient (Wildman–Crippen LogP) is 1.94. The number of halogens is 1. The fraction of sp³-hybridized carbons (Fsp3) is 0.417. The lowest BCUT2D eigenvalue weighted by Gasteiger charge is -2.17. The lowest BCUT2D eigenvalue weighted by molar-refractivity contribution is -0.117. The summed E-state index contributed by atoms with van der Waals surface area (Å²) in [6.07, 6.45) is 0.460. The van der Waals surface area contributed by atoms with Crippen LogP contribution in [0.2, 0.25) is 0 Å². The molecule has 1 amide bonds. The topological polar surface area (TPSA) is 40.5 Å². The van der Waals surface area contributed by atoms with Crippen LogP contribution >= 0.6 is 22.6 Å². The van der Waals surface area contributed by atoms with E-state index in [1.165, 1.54) is 9.13 Å². The second-order valence-corrected chi connectivity index (χ2v) is 5.35. The van der Waals surface area contributed by atoms with E-state index in [0.29, 0.717) is 13.0 Å². The Morgan fingerprint density at radius 3 is 2.88 bits per heavy atom. The molecule has 0 saturated carbocycles. The summed E-state index contributed by atoms with van der Waals surface area (Å²) in [5.41, 5.74) is 2.12. The molecule has 0 spiro atoms. The van der Waals surface area contributed by atoms with Crippen LogP contribution in [-0.4, -0.2) is 24.2 Å². The van der Waals surface area contributed by atoms with E-state index in [4.69, 9.17) is 5.11 Å². The maximum absolute atomic E-state index is 11.8. The number of benzene rings is 1. The second-order valence-electron chi connectivity index (χ2n) is 4.19. The van der Waals surface area contributed by atoms with Crippen LogP contribution in [0.4, 0.5) is 5.69 Å². The average Bonchev–Trinajstić information content (AvgIpc) is 2.64. The van der Waals surface area contributed by atoms with Gasteiger partial charge in [-0.1, -0.05) is 0 Å². The smallest absolute Gasteiger partial charge is 0.227 e. The van der Waals surface area contributed by atoms with Crippen LogP contribution in [-0.2, 0) is 4.79 Å². The Labute approximate surface area is 109 Å². The van der Waals surface area contributed by atoms with Crippen molar-refractivity contribution in [3.8, 4) is 0 Å². The highest BCUT2D eigenvalue weighted by Gasteiger charge is 2.29. The lowest BCUT2D eigenvalue weighted by Crippen LogP contribution is -2.24. The molecule has 1 aliphatic rings. The molecule has 1 aromatic carbocycles. The fourth-order valence-electron chi connectivity index (χ4n) is 1.95. The molecule has 1 atom stereocenters. The Balaban J connectivity index is 2.24. The number of hydrogen-bond donors (Lipinski definition) is 1. The van der Waals surface area contributed by atoms with Crippen LogP contribution < -0.4 is 4.90 Å². The van der Waals surface area contributed by atoms with Crippen molar-refractivity contribution >= 4 is 34.2 Å². The van der Waals surface area contributed by atoms with Crippen molar-refractivity contribution in [2.45, 2.75) is 13.3 Å².